The van der Waals surface area contributed by atoms with Gasteiger partial charge in [0.2, 0.25) is 0 Å². The minimum absolute atomic E-state index is 0.131. The number of aromatic nitrogens is 6. The smallest absolute Gasteiger partial charge is 0.184 e. The summed E-state index contributed by atoms with van der Waals surface area (Å²) in [6, 6.07) is 1.79. The molecule has 3 aromatic heterocycles. The lowest BCUT2D eigenvalue weighted by Gasteiger charge is -2.16. The molecule has 0 amide bonds. The molecule has 0 radical (unpaired) electrons. The Labute approximate surface area is 124 Å². The van der Waals surface area contributed by atoms with E-state index in [2.05, 4.69) is 20.1 Å². The Balaban J connectivity index is 1.80. The summed E-state index contributed by atoms with van der Waals surface area (Å²) in [6.07, 6.45) is 5.04. The molecule has 1 aliphatic heterocycles. The second-order valence-electron chi connectivity index (χ2n) is 5.11. The molecule has 9 nitrogen and oxygen atoms in total. The fourth-order valence-electron chi connectivity index (χ4n) is 2.69. The summed E-state index contributed by atoms with van der Waals surface area (Å²) in [5.74, 6) is 0.556. The Morgan fingerprint density at radius 1 is 1.32 bits per heavy atom. The van der Waals surface area contributed by atoms with Crippen molar-refractivity contribution < 1.29 is 14.9 Å². The van der Waals surface area contributed by atoms with Gasteiger partial charge in [-0.15, -0.1) is 0 Å². The van der Waals surface area contributed by atoms with Crippen molar-refractivity contribution in [2.45, 2.75) is 24.9 Å². The second kappa shape index (κ2) is 5.13. The van der Waals surface area contributed by atoms with Gasteiger partial charge >= 0.3 is 0 Å². The standard InChI is InChI=1S/C13H14N6O3/c20-5-8-4-9(21)13(22-8)18-7-16-10-11(18)14-6-15-12(10)19-3-1-2-17-19/h1-3,6-9,13,20-21H,4-5H2. The van der Waals surface area contributed by atoms with Gasteiger partial charge in [0.15, 0.2) is 23.2 Å². The van der Waals surface area contributed by atoms with Crippen LogP contribution in [0.5, 0.6) is 0 Å². The van der Waals surface area contributed by atoms with E-state index in [1.54, 1.807) is 34.0 Å². The minimum Gasteiger partial charge on any atom is -0.394 e. The molecule has 0 spiro atoms. The summed E-state index contributed by atoms with van der Waals surface area (Å²) >= 11 is 0. The lowest BCUT2D eigenvalue weighted by Crippen LogP contribution is -2.19. The number of rotatable bonds is 3. The van der Waals surface area contributed by atoms with E-state index in [0.29, 0.717) is 23.4 Å². The molecule has 1 fully saturated rings. The Hall–Kier alpha value is -2.36. The summed E-state index contributed by atoms with van der Waals surface area (Å²) in [6.45, 7) is -0.131. The van der Waals surface area contributed by atoms with Crippen LogP contribution in [0.4, 0.5) is 0 Å². The number of ether oxygens (including phenoxy) is 1. The number of imidazole rings is 1. The molecule has 9 heteroatoms. The average Bonchev–Trinajstić information content (AvgIpc) is 3.25. The highest BCUT2D eigenvalue weighted by atomic mass is 16.5. The Morgan fingerprint density at radius 2 is 2.23 bits per heavy atom. The fourth-order valence-corrected chi connectivity index (χ4v) is 2.69. The van der Waals surface area contributed by atoms with Gasteiger partial charge in [-0.05, 0) is 6.07 Å². The summed E-state index contributed by atoms with van der Waals surface area (Å²) in [7, 11) is 0. The van der Waals surface area contributed by atoms with E-state index >= 15 is 0 Å². The predicted molar refractivity (Wildman–Crippen MR) is 74.1 cm³/mol. The minimum atomic E-state index is -0.724. The van der Waals surface area contributed by atoms with Crippen molar-refractivity contribution in [3.63, 3.8) is 0 Å². The number of fused-ring (bicyclic) bond motifs is 1. The Morgan fingerprint density at radius 3 is 2.95 bits per heavy atom. The van der Waals surface area contributed by atoms with Crippen molar-refractivity contribution >= 4 is 11.2 Å². The van der Waals surface area contributed by atoms with Crippen LogP contribution in [0, 0.1) is 0 Å². The SMILES string of the molecule is OCC1CC(O)C(n2cnc3c(-n4cccn4)ncnc32)O1. The molecule has 3 atom stereocenters. The molecule has 0 bridgehead atoms. The van der Waals surface area contributed by atoms with E-state index in [4.69, 9.17) is 4.74 Å². The molecule has 1 aliphatic rings. The third-order valence-corrected chi connectivity index (χ3v) is 3.70. The van der Waals surface area contributed by atoms with Crippen molar-refractivity contribution in [2.24, 2.45) is 0 Å². The van der Waals surface area contributed by atoms with Gasteiger partial charge in [-0.3, -0.25) is 4.57 Å². The van der Waals surface area contributed by atoms with Crippen LogP contribution in [-0.4, -0.2) is 58.3 Å². The average molecular weight is 302 g/mol. The van der Waals surface area contributed by atoms with Crippen molar-refractivity contribution in [1.29, 1.82) is 0 Å². The van der Waals surface area contributed by atoms with E-state index in [1.807, 2.05) is 0 Å². The van der Waals surface area contributed by atoms with Crippen LogP contribution in [0.1, 0.15) is 12.6 Å². The van der Waals surface area contributed by atoms with Gasteiger partial charge in [0.1, 0.15) is 12.4 Å². The van der Waals surface area contributed by atoms with Crippen LogP contribution >= 0.6 is 0 Å². The zero-order chi connectivity index (χ0) is 15.1. The maximum Gasteiger partial charge on any atom is 0.184 e. The summed E-state index contributed by atoms with van der Waals surface area (Å²) < 4.78 is 8.90. The van der Waals surface area contributed by atoms with E-state index in [9.17, 15) is 10.2 Å². The van der Waals surface area contributed by atoms with Crippen LogP contribution in [0.15, 0.2) is 31.1 Å². The van der Waals surface area contributed by atoms with Gasteiger partial charge in [0.25, 0.3) is 0 Å². The topological polar surface area (TPSA) is 111 Å². The summed E-state index contributed by atoms with van der Waals surface area (Å²) in [5.41, 5.74) is 1.11. The molecule has 22 heavy (non-hydrogen) atoms. The fraction of sp³-hybridized carbons (Fsp3) is 0.385. The molecule has 4 heterocycles. The first-order chi connectivity index (χ1) is 10.8. The number of hydrogen-bond donors (Lipinski definition) is 2. The Kier molecular flexibility index (Phi) is 3.10. The van der Waals surface area contributed by atoms with E-state index in [-0.39, 0.29) is 12.7 Å². The third kappa shape index (κ3) is 1.98. The maximum absolute atomic E-state index is 10.1. The highest BCUT2D eigenvalue weighted by molar-refractivity contribution is 5.78. The summed E-state index contributed by atoms with van der Waals surface area (Å²) in [4.78, 5) is 12.8. The number of aliphatic hydroxyl groups excluding tert-OH is 2. The zero-order valence-corrected chi connectivity index (χ0v) is 11.5. The van der Waals surface area contributed by atoms with Crippen LogP contribution in [0.2, 0.25) is 0 Å². The van der Waals surface area contributed by atoms with Crippen LogP contribution in [-0.2, 0) is 4.74 Å². The first-order valence-corrected chi connectivity index (χ1v) is 6.90. The first-order valence-electron chi connectivity index (χ1n) is 6.90. The molecule has 3 unspecified atom stereocenters. The number of hydrogen-bond acceptors (Lipinski definition) is 7. The molecular weight excluding hydrogens is 288 g/mol. The molecule has 3 aromatic rings. The maximum atomic E-state index is 10.1. The molecule has 4 rings (SSSR count). The third-order valence-electron chi connectivity index (χ3n) is 3.70. The highest BCUT2D eigenvalue weighted by Crippen LogP contribution is 2.31. The zero-order valence-electron chi connectivity index (χ0n) is 11.5. The highest BCUT2D eigenvalue weighted by Gasteiger charge is 2.36. The second-order valence-corrected chi connectivity index (χ2v) is 5.11. The molecule has 1 saturated heterocycles. The molecule has 0 aromatic carbocycles. The molecular formula is C13H14N6O3. The predicted octanol–water partition coefficient (Wildman–Crippen LogP) is -0.347. The molecule has 2 N–H and O–H groups in total. The van der Waals surface area contributed by atoms with E-state index < -0.39 is 12.3 Å². The van der Waals surface area contributed by atoms with Crippen LogP contribution in [0.25, 0.3) is 17.0 Å². The monoisotopic (exact) mass is 302 g/mol. The van der Waals surface area contributed by atoms with Gasteiger partial charge < -0.3 is 14.9 Å². The number of aliphatic hydroxyl groups is 2. The Bertz CT molecular complexity index is 786. The quantitative estimate of drug-likeness (QED) is 0.680. The van der Waals surface area contributed by atoms with Gasteiger partial charge in [-0.1, -0.05) is 0 Å². The van der Waals surface area contributed by atoms with Gasteiger partial charge in [0.05, 0.1) is 19.0 Å². The van der Waals surface area contributed by atoms with Gasteiger partial charge in [0, 0.05) is 18.8 Å². The van der Waals surface area contributed by atoms with Crippen molar-refractivity contribution in [3.05, 3.63) is 31.1 Å². The van der Waals surface area contributed by atoms with Crippen molar-refractivity contribution in [2.75, 3.05) is 6.61 Å². The molecule has 114 valence electrons. The first kappa shape index (κ1) is 13.3. The number of nitrogens with zero attached hydrogens (tertiary/aromatic N) is 6. The lowest BCUT2D eigenvalue weighted by molar-refractivity contribution is -0.0486. The van der Waals surface area contributed by atoms with Crippen LogP contribution < -0.4 is 0 Å². The van der Waals surface area contributed by atoms with Crippen molar-refractivity contribution in [1.82, 2.24) is 29.3 Å². The molecule has 0 aliphatic carbocycles. The normalized spacial score (nSPS) is 25.1. The van der Waals surface area contributed by atoms with E-state index in [1.165, 1.54) is 6.33 Å². The molecule has 0 saturated carbocycles. The van der Waals surface area contributed by atoms with Gasteiger partial charge in [-0.2, -0.15) is 5.10 Å². The largest absolute Gasteiger partial charge is 0.394 e. The lowest BCUT2D eigenvalue weighted by atomic mass is 10.2. The van der Waals surface area contributed by atoms with Crippen LogP contribution in [0.3, 0.4) is 0 Å². The van der Waals surface area contributed by atoms with Gasteiger partial charge in [-0.25, -0.2) is 19.6 Å². The van der Waals surface area contributed by atoms with Crippen molar-refractivity contribution in [3.8, 4) is 5.82 Å². The van der Waals surface area contributed by atoms with E-state index in [0.717, 1.165) is 0 Å². The summed E-state index contributed by atoms with van der Waals surface area (Å²) in [5, 5.41) is 23.5.